The Kier molecular flexibility index (Phi) is 3.05. The van der Waals surface area contributed by atoms with Gasteiger partial charge in [-0.05, 0) is 28.8 Å². The number of hydrogen-bond donors (Lipinski definition) is 1. The highest BCUT2D eigenvalue weighted by Gasteiger charge is 2.03. The number of hydrogen-bond acceptors (Lipinski definition) is 1. The Hall–Kier alpha value is -1.31. The molecule has 0 saturated heterocycles. The average Bonchev–Trinajstić information content (AvgIpc) is 2.29. The third kappa shape index (κ3) is 2.20. The van der Waals surface area contributed by atoms with Crippen molar-refractivity contribution in [2.45, 2.75) is 6.61 Å². The van der Waals surface area contributed by atoms with Crippen LogP contribution in [0.15, 0.2) is 48.5 Å². The van der Waals surface area contributed by atoms with Gasteiger partial charge in [0, 0.05) is 5.02 Å². The van der Waals surface area contributed by atoms with Crippen LogP contribution in [0.2, 0.25) is 5.02 Å². The first-order valence-corrected chi connectivity index (χ1v) is 5.14. The van der Waals surface area contributed by atoms with Gasteiger partial charge in [0.15, 0.2) is 0 Å². The van der Waals surface area contributed by atoms with Crippen molar-refractivity contribution >= 4 is 11.6 Å². The molecule has 2 aromatic rings. The van der Waals surface area contributed by atoms with E-state index in [9.17, 15) is 5.11 Å². The molecule has 0 fully saturated rings. The summed E-state index contributed by atoms with van der Waals surface area (Å²) in [5, 5.41) is 9.92. The predicted molar refractivity (Wildman–Crippen MR) is 62.8 cm³/mol. The van der Waals surface area contributed by atoms with Crippen molar-refractivity contribution in [2.24, 2.45) is 0 Å². The first-order valence-electron chi connectivity index (χ1n) is 4.76. The molecule has 0 aliphatic heterocycles. The van der Waals surface area contributed by atoms with E-state index in [2.05, 4.69) is 0 Å². The molecule has 2 heteroatoms. The smallest absolute Gasteiger partial charge is 0.0687 e. The van der Waals surface area contributed by atoms with Crippen LogP contribution in [0.3, 0.4) is 0 Å². The van der Waals surface area contributed by atoms with Crippen LogP contribution < -0.4 is 0 Å². The van der Waals surface area contributed by atoms with Crippen LogP contribution in [0.1, 0.15) is 5.56 Å². The van der Waals surface area contributed by atoms with Crippen molar-refractivity contribution in [2.75, 3.05) is 0 Å². The van der Waals surface area contributed by atoms with Crippen LogP contribution >= 0.6 is 11.6 Å². The van der Waals surface area contributed by atoms with Crippen LogP contribution in [0.25, 0.3) is 11.1 Å². The normalized spacial score (nSPS) is 10.3. The molecule has 0 aliphatic carbocycles. The number of aliphatic hydroxyl groups is 1. The maximum absolute atomic E-state index is 9.22. The van der Waals surface area contributed by atoms with Crippen molar-refractivity contribution in [3.05, 3.63) is 59.1 Å². The molecule has 76 valence electrons. The standard InChI is InChI=1S/C13H11ClO/c14-12-6-3-5-10(8-12)13-7-2-1-4-11(13)9-15/h1-8,15H,9H2. The molecule has 0 radical (unpaired) electrons. The van der Waals surface area contributed by atoms with E-state index >= 15 is 0 Å². The van der Waals surface area contributed by atoms with Gasteiger partial charge in [-0.25, -0.2) is 0 Å². The molecule has 0 heterocycles. The van der Waals surface area contributed by atoms with Crippen LogP contribution in [0, 0.1) is 0 Å². The fraction of sp³-hybridized carbons (Fsp3) is 0.0769. The van der Waals surface area contributed by atoms with E-state index in [1.54, 1.807) is 0 Å². The molecule has 0 unspecified atom stereocenters. The lowest BCUT2D eigenvalue weighted by Gasteiger charge is -2.07. The molecule has 0 spiro atoms. The highest BCUT2D eigenvalue weighted by Crippen LogP contribution is 2.25. The number of aliphatic hydroxyl groups excluding tert-OH is 1. The van der Waals surface area contributed by atoms with Crippen molar-refractivity contribution in [3.63, 3.8) is 0 Å². The summed E-state index contributed by atoms with van der Waals surface area (Å²) in [6.45, 7) is 0.0443. The van der Waals surface area contributed by atoms with Gasteiger partial charge in [0.1, 0.15) is 0 Å². The van der Waals surface area contributed by atoms with Crippen LogP contribution in [0.5, 0.6) is 0 Å². The maximum Gasteiger partial charge on any atom is 0.0687 e. The van der Waals surface area contributed by atoms with Gasteiger partial charge in [0.2, 0.25) is 0 Å². The zero-order valence-electron chi connectivity index (χ0n) is 8.15. The molecule has 1 N–H and O–H groups in total. The summed E-state index contributed by atoms with van der Waals surface area (Å²) in [7, 11) is 0. The summed E-state index contributed by atoms with van der Waals surface area (Å²) in [4.78, 5) is 0. The lowest BCUT2D eigenvalue weighted by atomic mass is 10.0. The van der Waals surface area contributed by atoms with Gasteiger partial charge in [0.25, 0.3) is 0 Å². The molecule has 0 saturated carbocycles. The number of benzene rings is 2. The van der Waals surface area contributed by atoms with E-state index < -0.39 is 0 Å². The van der Waals surface area contributed by atoms with Gasteiger partial charge in [-0.2, -0.15) is 0 Å². The van der Waals surface area contributed by atoms with E-state index in [1.807, 2.05) is 48.5 Å². The highest BCUT2D eigenvalue weighted by molar-refractivity contribution is 6.30. The Bertz CT molecular complexity index is 466. The third-order valence-corrected chi connectivity index (χ3v) is 2.56. The topological polar surface area (TPSA) is 20.2 Å². The van der Waals surface area contributed by atoms with E-state index in [4.69, 9.17) is 11.6 Å². The minimum Gasteiger partial charge on any atom is -0.392 e. The molecular formula is C13H11ClO. The zero-order chi connectivity index (χ0) is 10.7. The average molecular weight is 219 g/mol. The molecule has 0 aliphatic rings. The quantitative estimate of drug-likeness (QED) is 0.818. The Morgan fingerprint density at radius 1 is 1.00 bits per heavy atom. The number of rotatable bonds is 2. The van der Waals surface area contributed by atoms with Crippen LogP contribution in [-0.4, -0.2) is 5.11 Å². The predicted octanol–water partition coefficient (Wildman–Crippen LogP) is 3.50. The third-order valence-electron chi connectivity index (χ3n) is 2.32. The Morgan fingerprint density at radius 3 is 2.53 bits per heavy atom. The fourth-order valence-corrected chi connectivity index (χ4v) is 1.79. The largest absolute Gasteiger partial charge is 0.392 e. The molecule has 0 aromatic heterocycles. The lowest BCUT2D eigenvalue weighted by Crippen LogP contribution is -1.88. The lowest BCUT2D eigenvalue weighted by molar-refractivity contribution is 0.282. The first kappa shape index (κ1) is 10.2. The molecule has 0 bridgehead atoms. The van der Waals surface area contributed by atoms with Crippen molar-refractivity contribution in [1.82, 2.24) is 0 Å². The fourth-order valence-electron chi connectivity index (χ4n) is 1.60. The maximum atomic E-state index is 9.22. The van der Waals surface area contributed by atoms with E-state index in [-0.39, 0.29) is 6.61 Å². The minimum atomic E-state index is 0.0443. The molecule has 0 amide bonds. The SMILES string of the molecule is OCc1ccccc1-c1cccc(Cl)c1. The molecular weight excluding hydrogens is 208 g/mol. The Labute approximate surface area is 94.0 Å². The molecule has 0 atom stereocenters. The van der Waals surface area contributed by atoms with Crippen molar-refractivity contribution in [3.8, 4) is 11.1 Å². The monoisotopic (exact) mass is 218 g/mol. The first-order chi connectivity index (χ1) is 7.31. The second kappa shape index (κ2) is 4.47. The van der Waals surface area contributed by atoms with Gasteiger partial charge in [-0.3, -0.25) is 0 Å². The Balaban J connectivity index is 2.53. The number of halogens is 1. The van der Waals surface area contributed by atoms with E-state index in [0.29, 0.717) is 5.02 Å². The highest BCUT2D eigenvalue weighted by atomic mass is 35.5. The van der Waals surface area contributed by atoms with Gasteiger partial charge in [-0.1, -0.05) is 48.0 Å². The van der Waals surface area contributed by atoms with E-state index in [1.165, 1.54) is 0 Å². The second-order valence-corrected chi connectivity index (χ2v) is 3.76. The summed E-state index contributed by atoms with van der Waals surface area (Å²) >= 11 is 5.93. The van der Waals surface area contributed by atoms with E-state index in [0.717, 1.165) is 16.7 Å². The molecule has 2 aromatic carbocycles. The summed E-state index contributed by atoms with van der Waals surface area (Å²) in [6, 6.07) is 15.4. The molecule has 2 rings (SSSR count). The van der Waals surface area contributed by atoms with Gasteiger partial charge < -0.3 is 5.11 Å². The minimum absolute atomic E-state index is 0.0443. The second-order valence-electron chi connectivity index (χ2n) is 3.33. The van der Waals surface area contributed by atoms with Gasteiger partial charge >= 0.3 is 0 Å². The van der Waals surface area contributed by atoms with Crippen LogP contribution in [0.4, 0.5) is 0 Å². The van der Waals surface area contributed by atoms with Crippen molar-refractivity contribution < 1.29 is 5.11 Å². The Morgan fingerprint density at radius 2 is 1.80 bits per heavy atom. The zero-order valence-corrected chi connectivity index (χ0v) is 8.91. The molecule has 1 nitrogen and oxygen atoms in total. The summed E-state index contributed by atoms with van der Waals surface area (Å²) in [5.74, 6) is 0. The van der Waals surface area contributed by atoms with Gasteiger partial charge in [-0.15, -0.1) is 0 Å². The van der Waals surface area contributed by atoms with Crippen molar-refractivity contribution in [1.29, 1.82) is 0 Å². The molecule has 15 heavy (non-hydrogen) atoms. The van der Waals surface area contributed by atoms with Gasteiger partial charge in [0.05, 0.1) is 6.61 Å². The summed E-state index contributed by atoms with van der Waals surface area (Å²) < 4.78 is 0. The van der Waals surface area contributed by atoms with Crippen LogP contribution in [-0.2, 0) is 6.61 Å². The summed E-state index contributed by atoms with van der Waals surface area (Å²) in [6.07, 6.45) is 0. The summed E-state index contributed by atoms with van der Waals surface area (Å²) in [5.41, 5.74) is 2.98.